The molecule has 1 aliphatic carbocycles. The molecule has 2 aromatic carbocycles. The van der Waals surface area contributed by atoms with Crippen molar-refractivity contribution < 1.29 is 4.79 Å². The lowest BCUT2D eigenvalue weighted by Crippen LogP contribution is -2.37. The number of hydrogen-bond donors (Lipinski definition) is 1. The van der Waals surface area contributed by atoms with E-state index in [4.69, 9.17) is 5.10 Å². The third-order valence-electron chi connectivity index (χ3n) is 5.54. The summed E-state index contributed by atoms with van der Waals surface area (Å²) >= 11 is 0. The Bertz CT molecular complexity index is 1090. The largest absolute Gasteiger partial charge is 0.324 e. The van der Waals surface area contributed by atoms with Crippen molar-refractivity contribution in [3.63, 3.8) is 0 Å². The van der Waals surface area contributed by atoms with E-state index < -0.39 is 6.04 Å². The van der Waals surface area contributed by atoms with Crippen LogP contribution >= 0.6 is 0 Å². The number of benzene rings is 2. The molecule has 0 unspecified atom stereocenters. The van der Waals surface area contributed by atoms with Crippen LogP contribution in [-0.2, 0) is 17.6 Å². The molecule has 0 radical (unpaired) electrons. The van der Waals surface area contributed by atoms with Crippen LogP contribution in [-0.4, -0.2) is 15.7 Å². The van der Waals surface area contributed by atoms with Gasteiger partial charge in [0.2, 0.25) is 5.91 Å². The zero-order valence-corrected chi connectivity index (χ0v) is 16.8. The molecule has 0 saturated carbocycles. The van der Waals surface area contributed by atoms with Gasteiger partial charge in [0.1, 0.15) is 6.04 Å². The van der Waals surface area contributed by atoms with Crippen LogP contribution in [0.2, 0.25) is 0 Å². The molecular formula is C24H25N3O2. The minimum atomic E-state index is -0.709. The van der Waals surface area contributed by atoms with E-state index in [0.29, 0.717) is 5.69 Å². The number of carbonyl (C=O) groups is 1. The van der Waals surface area contributed by atoms with Gasteiger partial charge in [-0.2, -0.15) is 5.10 Å². The Morgan fingerprint density at radius 2 is 1.66 bits per heavy atom. The Labute approximate surface area is 170 Å². The highest BCUT2D eigenvalue weighted by Crippen LogP contribution is 2.29. The monoisotopic (exact) mass is 387 g/mol. The average Bonchev–Trinajstić information content (AvgIpc) is 2.75. The molecule has 5 heteroatoms. The van der Waals surface area contributed by atoms with E-state index in [1.807, 2.05) is 61.5 Å². The fraction of sp³-hybridized carbons (Fsp3) is 0.292. The lowest BCUT2D eigenvalue weighted by atomic mass is 9.89. The van der Waals surface area contributed by atoms with E-state index in [0.717, 1.165) is 48.1 Å². The molecule has 0 bridgehead atoms. The maximum atomic E-state index is 13.2. The summed E-state index contributed by atoms with van der Waals surface area (Å²) < 4.78 is 1.36. The first kappa shape index (κ1) is 19.1. The van der Waals surface area contributed by atoms with Gasteiger partial charge in [0.25, 0.3) is 5.56 Å². The predicted molar refractivity (Wildman–Crippen MR) is 115 cm³/mol. The highest BCUT2D eigenvalue weighted by atomic mass is 16.2. The number of hydrogen-bond acceptors (Lipinski definition) is 3. The predicted octanol–water partition coefficient (Wildman–Crippen LogP) is 4.30. The Kier molecular flexibility index (Phi) is 5.30. The van der Waals surface area contributed by atoms with Crippen LogP contribution < -0.4 is 10.9 Å². The smallest absolute Gasteiger partial charge is 0.271 e. The van der Waals surface area contributed by atoms with Gasteiger partial charge in [-0.05, 0) is 57.2 Å². The molecule has 1 N–H and O–H groups in total. The fourth-order valence-corrected chi connectivity index (χ4v) is 3.84. The van der Waals surface area contributed by atoms with Crippen LogP contribution in [0.15, 0.2) is 59.4 Å². The molecule has 4 rings (SSSR count). The second kappa shape index (κ2) is 8.03. The molecule has 0 aliphatic heterocycles. The van der Waals surface area contributed by atoms with E-state index >= 15 is 0 Å². The first-order chi connectivity index (χ1) is 14.0. The lowest BCUT2D eigenvalue weighted by molar-refractivity contribution is -0.119. The van der Waals surface area contributed by atoms with E-state index in [1.54, 1.807) is 6.92 Å². The van der Waals surface area contributed by atoms with Crippen molar-refractivity contribution in [2.45, 2.75) is 45.6 Å². The van der Waals surface area contributed by atoms with Crippen molar-refractivity contribution in [3.8, 4) is 11.3 Å². The number of nitrogens with zero attached hydrogens (tertiary/aromatic N) is 2. The zero-order valence-electron chi connectivity index (χ0n) is 16.8. The van der Waals surface area contributed by atoms with E-state index in [9.17, 15) is 9.59 Å². The molecular weight excluding hydrogens is 362 g/mol. The molecule has 0 saturated heterocycles. The van der Waals surface area contributed by atoms with Crippen LogP contribution in [0.1, 0.15) is 42.5 Å². The van der Waals surface area contributed by atoms with Gasteiger partial charge in [-0.3, -0.25) is 9.59 Å². The minimum Gasteiger partial charge on any atom is -0.324 e. The summed E-state index contributed by atoms with van der Waals surface area (Å²) in [6, 6.07) is 16.7. The molecule has 0 fully saturated rings. The number of carbonyl (C=O) groups excluding carboxylic acids is 1. The molecule has 29 heavy (non-hydrogen) atoms. The normalized spacial score (nSPS) is 14.1. The van der Waals surface area contributed by atoms with Crippen LogP contribution in [0.3, 0.4) is 0 Å². The Morgan fingerprint density at radius 1 is 1.00 bits per heavy atom. The van der Waals surface area contributed by atoms with E-state index in [2.05, 4.69) is 5.32 Å². The van der Waals surface area contributed by atoms with Crippen molar-refractivity contribution in [1.82, 2.24) is 9.78 Å². The van der Waals surface area contributed by atoms with E-state index in [1.165, 1.54) is 10.2 Å². The molecule has 1 aromatic heterocycles. The first-order valence-corrected chi connectivity index (χ1v) is 10.1. The molecule has 5 nitrogen and oxygen atoms in total. The quantitative estimate of drug-likeness (QED) is 0.726. The molecule has 0 spiro atoms. The summed E-state index contributed by atoms with van der Waals surface area (Å²) in [4.78, 5) is 26.0. The molecule has 1 heterocycles. The van der Waals surface area contributed by atoms with Gasteiger partial charge in [-0.25, -0.2) is 4.68 Å². The maximum Gasteiger partial charge on any atom is 0.271 e. The Hall–Kier alpha value is -3.21. The van der Waals surface area contributed by atoms with Crippen molar-refractivity contribution >= 4 is 11.6 Å². The summed E-state index contributed by atoms with van der Waals surface area (Å²) in [5.41, 5.74) is 5.38. The number of nitrogens with one attached hydrogen (secondary N) is 1. The summed E-state index contributed by atoms with van der Waals surface area (Å²) in [7, 11) is 0. The van der Waals surface area contributed by atoms with Crippen LogP contribution in [0.4, 0.5) is 5.69 Å². The van der Waals surface area contributed by atoms with Gasteiger partial charge in [-0.1, -0.05) is 48.0 Å². The number of amides is 1. The first-order valence-electron chi connectivity index (χ1n) is 10.1. The topological polar surface area (TPSA) is 64.0 Å². The minimum absolute atomic E-state index is 0.147. The van der Waals surface area contributed by atoms with Gasteiger partial charge in [-0.15, -0.1) is 0 Å². The van der Waals surface area contributed by atoms with Crippen molar-refractivity contribution in [1.29, 1.82) is 0 Å². The number of aryl methyl sites for hydroxylation is 1. The van der Waals surface area contributed by atoms with Gasteiger partial charge >= 0.3 is 0 Å². The number of anilines is 1. The number of fused-ring (bicyclic) bond motifs is 1. The lowest BCUT2D eigenvalue weighted by Gasteiger charge is -2.22. The highest BCUT2D eigenvalue weighted by molar-refractivity contribution is 5.93. The maximum absolute atomic E-state index is 13.2. The highest BCUT2D eigenvalue weighted by Gasteiger charge is 2.25. The third-order valence-corrected chi connectivity index (χ3v) is 5.54. The molecule has 1 atom stereocenters. The number of rotatable bonds is 4. The summed E-state index contributed by atoms with van der Waals surface area (Å²) in [6.07, 6.45) is 3.64. The van der Waals surface area contributed by atoms with Gasteiger partial charge in [0.15, 0.2) is 0 Å². The van der Waals surface area contributed by atoms with Crippen LogP contribution in [0.5, 0.6) is 0 Å². The van der Waals surface area contributed by atoms with Gasteiger partial charge in [0, 0.05) is 16.8 Å². The van der Waals surface area contributed by atoms with Crippen molar-refractivity contribution in [3.05, 3.63) is 81.6 Å². The van der Waals surface area contributed by atoms with Gasteiger partial charge in [0.05, 0.1) is 5.69 Å². The molecule has 3 aromatic rings. The SMILES string of the molecule is Cc1ccc(-c2nn([C@@H](C)C(=O)Nc3ccccc3)c(=O)c3c2CCCC3)cc1. The van der Waals surface area contributed by atoms with Crippen molar-refractivity contribution in [2.75, 3.05) is 5.32 Å². The molecule has 1 amide bonds. The second-order valence-electron chi connectivity index (χ2n) is 7.66. The van der Waals surface area contributed by atoms with Crippen molar-refractivity contribution in [2.24, 2.45) is 0 Å². The standard InChI is InChI=1S/C24H25N3O2/c1-16-12-14-18(15-13-16)22-20-10-6-7-11-21(20)24(29)27(26-22)17(2)23(28)25-19-8-4-3-5-9-19/h3-5,8-9,12-15,17H,6-7,10-11H2,1-2H3,(H,25,28)/t17-/m0/s1. The fourth-order valence-electron chi connectivity index (χ4n) is 3.84. The molecule has 1 aliphatic rings. The van der Waals surface area contributed by atoms with Gasteiger partial charge < -0.3 is 5.32 Å². The summed E-state index contributed by atoms with van der Waals surface area (Å²) in [5.74, 6) is -0.253. The zero-order chi connectivity index (χ0) is 20.4. The van der Waals surface area contributed by atoms with Crippen LogP contribution in [0.25, 0.3) is 11.3 Å². The Morgan fingerprint density at radius 3 is 2.34 bits per heavy atom. The summed E-state index contributed by atoms with van der Waals surface area (Å²) in [6.45, 7) is 3.77. The molecule has 148 valence electrons. The number of aromatic nitrogens is 2. The summed E-state index contributed by atoms with van der Waals surface area (Å²) in [5, 5.41) is 7.57. The van der Waals surface area contributed by atoms with Crippen LogP contribution in [0, 0.1) is 6.92 Å². The third kappa shape index (κ3) is 3.86. The average molecular weight is 387 g/mol. The number of para-hydroxylation sites is 1. The van der Waals surface area contributed by atoms with E-state index in [-0.39, 0.29) is 11.5 Å². The second-order valence-corrected chi connectivity index (χ2v) is 7.66. The Balaban J connectivity index is 1.77.